The summed E-state index contributed by atoms with van der Waals surface area (Å²) >= 11 is 0. The van der Waals surface area contributed by atoms with Crippen LogP contribution in [0.1, 0.15) is 85.0 Å². The van der Waals surface area contributed by atoms with Gasteiger partial charge in [0.05, 0.1) is 0 Å². The van der Waals surface area contributed by atoms with Gasteiger partial charge in [-0.15, -0.1) is 0 Å². The largest absolute Gasteiger partial charge is 0.0602 e. The van der Waals surface area contributed by atoms with Crippen LogP contribution in [0.25, 0.3) is 0 Å². The van der Waals surface area contributed by atoms with Crippen LogP contribution in [0, 0.1) is 23.2 Å². The Bertz CT molecular complexity index is 209. The zero-order valence-electron chi connectivity index (χ0n) is 12.3. The van der Waals surface area contributed by atoms with Crippen molar-refractivity contribution in [1.82, 2.24) is 0 Å². The van der Waals surface area contributed by atoms with E-state index in [2.05, 4.69) is 20.8 Å². The van der Waals surface area contributed by atoms with Gasteiger partial charge in [-0.05, 0) is 48.9 Å². The van der Waals surface area contributed by atoms with Crippen molar-refractivity contribution in [1.29, 1.82) is 0 Å². The molecule has 0 N–H and O–H groups in total. The third-order valence-corrected chi connectivity index (χ3v) is 5.01. The van der Waals surface area contributed by atoms with Gasteiger partial charge in [0.1, 0.15) is 0 Å². The molecule has 100 valence electrons. The molecule has 0 saturated heterocycles. The second kappa shape index (κ2) is 5.76. The highest BCUT2D eigenvalue weighted by molar-refractivity contribution is 4.82. The lowest BCUT2D eigenvalue weighted by Crippen LogP contribution is -2.21. The first-order valence-electron chi connectivity index (χ1n) is 8.03. The second-order valence-electron chi connectivity index (χ2n) is 8.04. The maximum Gasteiger partial charge on any atom is -0.0383 e. The molecule has 0 aromatic rings. The van der Waals surface area contributed by atoms with Gasteiger partial charge < -0.3 is 0 Å². The van der Waals surface area contributed by atoms with E-state index in [1.807, 2.05) is 0 Å². The third-order valence-electron chi connectivity index (χ3n) is 5.01. The minimum Gasteiger partial charge on any atom is -0.0602 e. The third kappa shape index (κ3) is 4.64. The van der Waals surface area contributed by atoms with E-state index in [9.17, 15) is 0 Å². The fraction of sp³-hybridized carbons (Fsp3) is 1.00. The maximum absolute atomic E-state index is 2.38. The quantitative estimate of drug-likeness (QED) is 0.580. The van der Waals surface area contributed by atoms with Gasteiger partial charge in [-0.2, -0.15) is 0 Å². The van der Waals surface area contributed by atoms with Crippen molar-refractivity contribution in [2.75, 3.05) is 0 Å². The molecule has 0 radical (unpaired) electrons. The molecule has 2 fully saturated rings. The van der Waals surface area contributed by atoms with Crippen LogP contribution < -0.4 is 0 Å². The lowest BCUT2D eigenvalue weighted by atomic mass is 9.72. The molecular weight excluding hydrogens is 204 g/mol. The van der Waals surface area contributed by atoms with Crippen LogP contribution >= 0.6 is 0 Å². The van der Waals surface area contributed by atoms with E-state index in [1.54, 1.807) is 32.1 Å². The molecule has 0 spiro atoms. The molecule has 2 rings (SSSR count). The molecule has 2 aliphatic carbocycles. The van der Waals surface area contributed by atoms with Crippen molar-refractivity contribution in [3.8, 4) is 0 Å². The average molecular weight is 236 g/mol. The van der Waals surface area contributed by atoms with Gasteiger partial charge in [0, 0.05) is 0 Å². The van der Waals surface area contributed by atoms with Crippen LogP contribution in [0.15, 0.2) is 0 Å². The van der Waals surface area contributed by atoms with E-state index in [0.717, 1.165) is 17.8 Å². The summed E-state index contributed by atoms with van der Waals surface area (Å²) in [7, 11) is 0. The molecule has 0 aliphatic heterocycles. The minimum atomic E-state index is 0.543. The van der Waals surface area contributed by atoms with Crippen molar-refractivity contribution in [3.63, 3.8) is 0 Å². The molecule has 2 atom stereocenters. The van der Waals surface area contributed by atoms with Crippen molar-refractivity contribution in [2.45, 2.75) is 85.0 Å². The summed E-state index contributed by atoms with van der Waals surface area (Å²) in [4.78, 5) is 0. The molecule has 17 heavy (non-hydrogen) atoms. The van der Waals surface area contributed by atoms with Gasteiger partial charge in [-0.1, -0.05) is 59.3 Å². The highest BCUT2D eigenvalue weighted by atomic mass is 14.4. The monoisotopic (exact) mass is 236 g/mol. The van der Waals surface area contributed by atoms with Crippen molar-refractivity contribution < 1.29 is 0 Å². The summed E-state index contributed by atoms with van der Waals surface area (Å²) in [5, 5.41) is 0. The first-order valence-corrected chi connectivity index (χ1v) is 8.03. The molecule has 0 heteroatoms. The molecule has 0 heterocycles. The van der Waals surface area contributed by atoms with Crippen LogP contribution in [0.4, 0.5) is 0 Å². The van der Waals surface area contributed by atoms with Crippen molar-refractivity contribution in [3.05, 3.63) is 0 Å². The van der Waals surface area contributed by atoms with Gasteiger partial charge in [-0.3, -0.25) is 0 Å². The predicted molar refractivity (Wildman–Crippen MR) is 76.1 cm³/mol. The molecule has 0 aromatic heterocycles. The standard InChI is InChI=1S/C17H32/c1-17(2,3)10-6-9-16-12-14-7-4-5-8-15(11-14)13-16/h14-16H,4-13H2,1-3H3. The first-order chi connectivity index (χ1) is 8.03. The highest BCUT2D eigenvalue weighted by Crippen LogP contribution is 2.43. The molecule has 2 saturated carbocycles. The van der Waals surface area contributed by atoms with Crippen molar-refractivity contribution in [2.24, 2.45) is 23.2 Å². The van der Waals surface area contributed by atoms with Crippen molar-refractivity contribution >= 4 is 0 Å². The average Bonchev–Trinajstić information content (AvgIpc) is 2.38. The smallest absolute Gasteiger partial charge is 0.0383 e. The lowest BCUT2D eigenvalue weighted by Gasteiger charge is -2.33. The summed E-state index contributed by atoms with van der Waals surface area (Å²) in [6.45, 7) is 7.15. The SMILES string of the molecule is CC(C)(C)CCCC1CC2CCCCC(C2)C1. The Balaban J connectivity index is 1.74. The Morgan fingerprint density at radius 3 is 2.00 bits per heavy atom. The van der Waals surface area contributed by atoms with Gasteiger partial charge in [0.25, 0.3) is 0 Å². The fourth-order valence-corrected chi connectivity index (χ4v) is 4.20. The van der Waals surface area contributed by atoms with Crippen LogP contribution in [-0.2, 0) is 0 Å². The van der Waals surface area contributed by atoms with Crippen LogP contribution in [0.2, 0.25) is 0 Å². The van der Waals surface area contributed by atoms with Gasteiger partial charge >= 0.3 is 0 Å². The van der Waals surface area contributed by atoms with Crippen LogP contribution in [0.5, 0.6) is 0 Å². The minimum absolute atomic E-state index is 0.543. The molecule has 2 unspecified atom stereocenters. The first kappa shape index (κ1) is 13.4. The van der Waals surface area contributed by atoms with Crippen LogP contribution in [0.3, 0.4) is 0 Å². The summed E-state index contributed by atoms with van der Waals surface area (Å²) in [5.74, 6) is 3.30. The number of rotatable bonds is 3. The number of hydrogen-bond donors (Lipinski definition) is 0. The van der Waals surface area contributed by atoms with E-state index in [4.69, 9.17) is 0 Å². The van der Waals surface area contributed by atoms with E-state index in [0.29, 0.717) is 5.41 Å². The van der Waals surface area contributed by atoms with Crippen LogP contribution in [-0.4, -0.2) is 0 Å². The Kier molecular flexibility index (Phi) is 4.55. The zero-order chi connectivity index (χ0) is 12.3. The Morgan fingerprint density at radius 2 is 1.47 bits per heavy atom. The molecule has 2 aliphatic rings. The lowest BCUT2D eigenvalue weighted by molar-refractivity contribution is 0.182. The molecular formula is C17H32. The predicted octanol–water partition coefficient (Wildman–Crippen LogP) is 5.81. The zero-order valence-corrected chi connectivity index (χ0v) is 12.3. The second-order valence-corrected chi connectivity index (χ2v) is 8.04. The molecule has 2 bridgehead atoms. The number of fused-ring (bicyclic) bond motifs is 2. The van der Waals surface area contributed by atoms with E-state index >= 15 is 0 Å². The Hall–Kier alpha value is 0. The van der Waals surface area contributed by atoms with E-state index in [-0.39, 0.29) is 0 Å². The van der Waals surface area contributed by atoms with Gasteiger partial charge in [-0.25, -0.2) is 0 Å². The molecule has 0 nitrogen and oxygen atoms in total. The fourth-order valence-electron chi connectivity index (χ4n) is 4.20. The normalized spacial score (nSPS) is 34.4. The summed E-state index contributed by atoms with van der Waals surface area (Å²) in [5.41, 5.74) is 0.543. The van der Waals surface area contributed by atoms with E-state index in [1.165, 1.54) is 32.1 Å². The Morgan fingerprint density at radius 1 is 0.882 bits per heavy atom. The Labute approximate surface area is 109 Å². The number of hydrogen-bond acceptors (Lipinski definition) is 0. The van der Waals surface area contributed by atoms with E-state index < -0.39 is 0 Å². The highest BCUT2D eigenvalue weighted by Gasteiger charge is 2.30. The summed E-state index contributed by atoms with van der Waals surface area (Å²) < 4.78 is 0. The summed E-state index contributed by atoms with van der Waals surface area (Å²) in [6, 6.07) is 0. The summed E-state index contributed by atoms with van der Waals surface area (Å²) in [6.07, 6.45) is 15.3. The van der Waals surface area contributed by atoms with Gasteiger partial charge in [0.15, 0.2) is 0 Å². The molecule has 0 aromatic carbocycles. The molecule has 0 amide bonds. The van der Waals surface area contributed by atoms with Gasteiger partial charge in [0.2, 0.25) is 0 Å². The maximum atomic E-state index is 2.38. The topological polar surface area (TPSA) is 0 Å².